The lowest BCUT2D eigenvalue weighted by molar-refractivity contribution is 0.0951. The monoisotopic (exact) mass is 309 g/mol. The number of aryl methyl sites for hydroxylation is 1. The van der Waals surface area contributed by atoms with Crippen LogP contribution < -0.4 is 10.1 Å². The van der Waals surface area contributed by atoms with Crippen molar-refractivity contribution in [1.29, 1.82) is 0 Å². The molecule has 0 spiro atoms. The zero-order valence-electron chi connectivity index (χ0n) is 13.2. The quantitative estimate of drug-likeness (QED) is 0.761. The number of carbonyl (C=O) groups is 1. The molecule has 1 amide bonds. The van der Waals surface area contributed by atoms with Crippen LogP contribution in [0.3, 0.4) is 0 Å². The number of H-pyrrole nitrogens is 1. The van der Waals surface area contributed by atoms with E-state index in [1.807, 2.05) is 43.3 Å². The van der Waals surface area contributed by atoms with Crippen LogP contribution in [0.4, 0.5) is 0 Å². The first-order valence-electron chi connectivity index (χ1n) is 7.59. The summed E-state index contributed by atoms with van der Waals surface area (Å²) < 4.78 is 5.12. The molecule has 0 radical (unpaired) electrons. The lowest BCUT2D eigenvalue weighted by atomic mass is 10.1. The summed E-state index contributed by atoms with van der Waals surface area (Å²) in [5, 5.41) is 2.92. The molecule has 3 aromatic rings. The normalized spacial score (nSPS) is 10.7. The molecule has 118 valence electrons. The fourth-order valence-electron chi connectivity index (χ4n) is 2.40. The third-order valence-corrected chi connectivity index (χ3v) is 3.74. The van der Waals surface area contributed by atoms with Gasteiger partial charge in [-0.3, -0.25) is 4.79 Å². The maximum absolute atomic E-state index is 12.3. The summed E-state index contributed by atoms with van der Waals surface area (Å²) in [5.74, 6) is 1.63. The minimum Gasteiger partial charge on any atom is -0.497 e. The first-order valence-corrected chi connectivity index (χ1v) is 7.59. The minimum atomic E-state index is -0.102. The van der Waals surface area contributed by atoms with E-state index < -0.39 is 0 Å². The van der Waals surface area contributed by atoms with Crippen molar-refractivity contribution in [3.8, 4) is 5.75 Å². The molecule has 1 heterocycles. The van der Waals surface area contributed by atoms with E-state index in [4.69, 9.17) is 4.74 Å². The van der Waals surface area contributed by atoms with Crippen LogP contribution in [0.25, 0.3) is 11.0 Å². The van der Waals surface area contributed by atoms with Crippen LogP contribution in [-0.4, -0.2) is 23.0 Å². The van der Waals surface area contributed by atoms with Gasteiger partial charge in [0, 0.05) is 18.5 Å². The molecule has 0 saturated heterocycles. The first kappa shape index (κ1) is 15.1. The summed E-state index contributed by atoms with van der Waals surface area (Å²) >= 11 is 0. The van der Waals surface area contributed by atoms with Crippen molar-refractivity contribution < 1.29 is 9.53 Å². The maximum atomic E-state index is 12.3. The highest BCUT2D eigenvalue weighted by molar-refractivity contribution is 5.97. The Morgan fingerprint density at radius 3 is 2.70 bits per heavy atom. The zero-order valence-corrected chi connectivity index (χ0v) is 13.2. The molecule has 5 nitrogen and oxygen atoms in total. The molecule has 1 aromatic heterocycles. The number of benzene rings is 2. The van der Waals surface area contributed by atoms with Crippen LogP contribution in [0, 0.1) is 0 Å². The number of fused-ring (bicyclic) bond motifs is 1. The number of aromatic nitrogens is 2. The molecule has 2 aromatic carbocycles. The summed E-state index contributed by atoms with van der Waals surface area (Å²) in [6.07, 6.45) is 0.841. The highest BCUT2D eigenvalue weighted by Gasteiger charge is 2.08. The largest absolute Gasteiger partial charge is 0.497 e. The molecular weight excluding hydrogens is 290 g/mol. The Hall–Kier alpha value is -2.82. The molecule has 5 heteroatoms. The number of rotatable bonds is 5. The Morgan fingerprint density at radius 1 is 1.22 bits per heavy atom. The zero-order chi connectivity index (χ0) is 16.2. The Labute approximate surface area is 134 Å². The van der Waals surface area contributed by atoms with Gasteiger partial charge >= 0.3 is 0 Å². The summed E-state index contributed by atoms with van der Waals surface area (Å²) in [4.78, 5) is 20.0. The highest BCUT2D eigenvalue weighted by atomic mass is 16.5. The van der Waals surface area contributed by atoms with Gasteiger partial charge in [-0.05, 0) is 35.9 Å². The molecule has 0 aliphatic rings. The summed E-state index contributed by atoms with van der Waals surface area (Å²) in [6.45, 7) is 2.52. The van der Waals surface area contributed by atoms with Gasteiger partial charge in [0.05, 0.1) is 18.1 Å². The summed E-state index contributed by atoms with van der Waals surface area (Å²) in [6, 6.07) is 13.1. The van der Waals surface area contributed by atoms with Gasteiger partial charge in [-0.15, -0.1) is 0 Å². The molecule has 0 bridgehead atoms. The topological polar surface area (TPSA) is 67.0 Å². The summed E-state index contributed by atoms with van der Waals surface area (Å²) in [7, 11) is 1.63. The average molecular weight is 309 g/mol. The second-order valence-corrected chi connectivity index (χ2v) is 5.30. The molecule has 0 atom stereocenters. The molecule has 0 saturated carbocycles. The van der Waals surface area contributed by atoms with Crippen molar-refractivity contribution >= 4 is 16.9 Å². The van der Waals surface area contributed by atoms with Crippen molar-refractivity contribution in [2.24, 2.45) is 0 Å². The lowest BCUT2D eigenvalue weighted by Crippen LogP contribution is -2.22. The number of nitrogens with one attached hydrogen (secondary N) is 2. The highest BCUT2D eigenvalue weighted by Crippen LogP contribution is 2.15. The number of hydrogen-bond acceptors (Lipinski definition) is 3. The van der Waals surface area contributed by atoms with E-state index in [0.717, 1.165) is 34.6 Å². The second-order valence-electron chi connectivity index (χ2n) is 5.30. The molecule has 0 aliphatic heterocycles. The van der Waals surface area contributed by atoms with E-state index in [9.17, 15) is 4.79 Å². The lowest BCUT2D eigenvalue weighted by Gasteiger charge is -2.06. The van der Waals surface area contributed by atoms with Crippen LogP contribution >= 0.6 is 0 Å². The van der Waals surface area contributed by atoms with Crippen LogP contribution in [0.5, 0.6) is 5.75 Å². The third kappa shape index (κ3) is 3.34. The first-order chi connectivity index (χ1) is 11.2. The van der Waals surface area contributed by atoms with Gasteiger partial charge < -0.3 is 15.0 Å². The molecule has 2 N–H and O–H groups in total. The number of carbonyl (C=O) groups excluding carboxylic acids is 1. The number of methoxy groups -OCH3 is 1. The number of ether oxygens (including phenoxy) is 1. The van der Waals surface area contributed by atoms with Crippen molar-refractivity contribution in [3.63, 3.8) is 0 Å². The number of nitrogens with zero attached hydrogens (tertiary/aromatic N) is 1. The SMILES string of the molecule is CCc1nc2ccc(C(=O)NCc3ccc(OC)cc3)cc2[nH]1. The van der Waals surface area contributed by atoms with Gasteiger partial charge in [0.1, 0.15) is 11.6 Å². The standard InChI is InChI=1S/C18H19N3O2/c1-3-17-20-15-9-6-13(10-16(15)21-17)18(22)19-11-12-4-7-14(23-2)8-5-12/h4-10H,3,11H2,1-2H3,(H,19,22)(H,20,21). The maximum Gasteiger partial charge on any atom is 0.251 e. The predicted molar refractivity (Wildman–Crippen MR) is 89.6 cm³/mol. The van der Waals surface area contributed by atoms with E-state index in [2.05, 4.69) is 15.3 Å². The number of aromatic amines is 1. The minimum absolute atomic E-state index is 0.102. The Kier molecular flexibility index (Phi) is 4.28. The summed E-state index contributed by atoms with van der Waals surface area (Å²) in [5.41, 5.74) is 3.42. The van der Waals surface area contributed by atoms with Crippen LogP contribution in [0.15, 0.2) is 42.5 Å². The number of amides is 1. The number of imidazole rings is 1. The molecule has 0 fully saturated rings. The van der Waals surface area contributed by atoms with Gasteiger partial charge in [0.15, 0.2) is 0 Å². The van der Waals surface area contributed by atoms with E-state index in [1.165, 1.54) is 0 Å². The van der Waals surface area contributed by atoms with Gasteiger partial charge in [0.25, 0.3) is 5.91 Å². The van der Waals surface area contributed by atoms with E-state index in [1.54, 1.807) is 13.2 Å². The Bertz CT molecular complexity index is 822. The third-order valence-electron chi connectivity index (χ3n) is 3.74. The smallest absolute Gasteiger partial charge is 0.251 e. The van der Waals surface area contributed by atoms with E-state index in [-0.39, 0.29) is 5.91 Å². The average Bonchev–Trinajstić information content (AvgIpc) is 3.02. The van der Waals surface area contributed by atoms with Crippen molar-refractivity contribution in [1.82, 2.24) is 15.3 Å². The fourth-order valence-corrected chi connectivity index (χ4v) is 2.40. The molecular formula is C18H19N3O2. The molecule has 23 heavy (non-hydrogen) atoms. The number of hydrogen-bond donors (Lipinski definition) is 2. The molecule has 0 unspecified atom stereocenters. The van der Waals surface area contributed by atoms with Gasteiger partial charge in [-0.25, -0.2) is 4.98 Å². The Balaban J connectivity index is 1.69. The van der Waals surface area contributed by atoms with Crippen molar-refractivity contribution in [2.45, 2.75) is 19.9 Å². The molecule has 3 rings (SSSR count). The second kappa shape index (κ2) is 6.52. The van der Waals surface area contributed by atoms with Gasteiger partial charge in [0.2, 0.25) is 0 Å². The molecule has 0 aliphatic carbocycles. The van der Waals surface area contributed by atoms with E-state index >= 15 is 0 Å². The van der Waals surface area contributed by atoms with Gasteiger partial charge in [-0.1, -0.05) is 19.1 Å². The van der Waals surface area contributed by atoms with Crippen LogP contribution in [0.2, 0.25) is 0 Å². The van der Waals surface area contributed by atoms with Crippen molar-refractivity contribution in [3.05, 3.63) is 59.4 Å². The van der Waals surface area contributed by atoms with E-state index in [0.29, 0.717) is 12.1 Å². The fraction of sp³-hybridized carbons (Fsp3) is 0.222. The van der Waals surface area contributed by atoms with Crippen molar-refractivity contribution in [2.75, 3.05) is 7.11 Å². The van der Waals surface area contributed by atoms with Crippen LogP contribution in [0.1, 0.15) is 28.7 Å². The Morgan fingerprint density at radius 2 is 2.00 bits per heavy atom. The predicted octanol–water partition coefficient (Wildman–Crippen LogP) is 3.06. The van der Waals surface area contributed by atoms with Crippen LogP contribution in [-0.2, 0) is 13.0 Å². The van der Waals surface area contributed by atoms with Gasteiger partial charge in [-0.2, -0.15) is 0 Å².